The van der Waals surface area contributed by atoms with Crippen LogP contribution in [0.15, 0.2) is 30.3 Å². The Hall–Kier alpha value is -2.86. The Morgan fingerprint density at radius 3 is 2.04 bits per heavy atom. The SMILES string of the molecule is COCOc1cc2cc(OC)c(OC)c(OC)c2c2ccc(OC)cc12. The van der Waals surface area contributed by atoms with Crippen LogP contribution in [-0.4, -0.2) is 42.3 Å². The molecule has 0 amide bonds. The zero-order chi connectivity index (χ0) is 18.7. The molecule has 0 aliphatic rings. The second-order valence-electron chi connectivity index (χ2n) is 5.58. The van der Waals surface area contributed by atoms with Crippen LogP contribution in [0.4, 0.5) is 0 Å². The van der Waals surface area contributed by atoms with Gasteiger partial charge in [0.25, 0.3) is 0 Å². The molecule has 3 aromatic carbocycles. The van der Waals surface area contributed by atoms with Gasteiger partial charge in [0.2, 0.25) is 5.75 Å². The number of fused-ring (bicyclic) bond motifs is 3. The molecule has 0 saturated heterocycles. The van der Waals surface area contributed by atoms with Gasteiger partial charge in [-0.1, -0.05) is 0 Å². The molecule has 6 nitrogen and oxygen atoms in total. The van der Waals surface area contributed by atoms with Gasteiger partial charge in [-0.2, -0.15) is 0 Å². The Bertz CT molecular complexity index is 935. The van der Waals surface area contributed by atoms with Crippen molar-refractivity contribution in [2.24, 2.45) is 0 Å². The number of hydrogen-bond acceptors (Lipinski definition) is 6. The van der Waals surface area contributed by atoms with Crippen molar-refractivity contribution in [3.8, 4) is 28.7 Å². The highest BCUT2D eigenvalue weighted by Gasteiger charge is 2.20. The summed E-state index contributed by atoms with van der Waals surface area (Å²) in [6.45, 7) is 0.141. The van der Waals surface area contributed by atoms with E-state index in [1.54, 1.807) is 35.5 Å². The van der Waals surface area contributed by atoms with Gasteiger partial charge >= 0.3 is 0 Å². The van der Waals surface area contributed by atoms with Crippen LogP contribution in [0.2, 0.25) is 0 Å². The molecule has 3 aromatic rings. The first-order valence-electron chi connectivity index (χ1n) is 8.03. The van der Waals surface area contributed by atoms with Crippen molar-refractivity contribution >= 4 is 21.5 Å². The minimum atomic E-state index is 0.141. The molecule has 0 radical (unpaired) electrons. The number of rotatable bonds is 7. The first-order valence-corrected chi connectivity index (χ1v) is 8.03. The fourth-order valence-electron chi connectivity index (χ4n) is 3.10. The third kappa shape index (κ3) is 2.93. The zero-order valence-corrected chi connectivity index (χ0v) is 15.5. The molecule has 6 heteroatoms. The van der Waals surface area contributed by atoms with E-state index in [9.17, 15) is 0 Å². The molecule has 0 bridgehead atoms. The van der Waals surface area contributed by atoms with Gasteiger partial charge in [-0.3, -0.25) is 0 Å². The van der Waals surface area contributed by atoms with Gasteiger partial charge in [-0.05, 0) is 41.1 Å². The van der Waals surface area contributed by atoms with Gasteiger partial charge in [-0.25, -0.2) is 0 Å². The van der Waals surface area contributed by atoms with Crippen LogP contribution in [0.3, 0.4) is 0 Å². The average molecular weight is 358 g/mol. The molecule has 138 valence electrons. The van der Waals surface area contributed by atoms with Gasteiger partial charge in [0.15, 0.2) is 18.3 Å². The summed E-state index contributed by atoms with van der Waals surface area (Å²) in [4.78, 5) is 0. The third-order valence-corrected chi connectivity index (χ3v) is 4.24. The lowest BCUT2D eigenvalue weighted by Crippen LogP contribution is -2.01. The Morgan fingerprint density at radius 2 is 1.42 bits per heavy atom. The molecule has 0 N–H and O–H groups in total. The largest absolute Gasteiger partial charge is 0.497 e. The summed E-state index contributed by atoms with van der Waals surface area (Å²) >= 11 is 0. The maximum absolute atomic E-state index is 5.79. The highest BCUT2D eigenvalue weighted by atomic mass is 16.7. The van der Waals surface area contributed by atoms with E-state index in [0.717, 1.165) is 27.3 Å². The average Bonchev–Trinajstić information content (AvgIpc) is 2.69. The van der Waals surface area contributed by atoms with Crippen molar-refractivity contribution in [2.45, 2.75) is 0 Å². The highest BCUT2D eigenvalue weighted by molar-refractivity contribution is 6.14. The molecule has 3 rings (SSSR count). The van der Waals surface area contributed by atoms with Crippen LogP contribution in [0.5, 0.6) is 28.7 Å². The summed E-state index contributed by atoms with van der Waals surface area (Å²) in [7, 11) is 8.01. The van der Waals surface area contributed by atoms with Crippen molar-refractivity contribution in [1.29, 1.82) is 0 Å². The highest BCUT2D eigenvalue weighted by Crippen LogP contribution is 2.48. The minimum Gasteiger partial charge on any atom is -0.497 e. The molecular formula is C20H22O6. The van der Waals surface area contributed by atoms with Crippen LogP contribution in [0.1, 0.15) is 0 Å². The minimum absolute atomic E-state index is 0.141. The molecule has 0 aliphatic carbocycles. The number of ether oxygens (including phenoxy) is 6. The quantitative estimate of drug-likeness (QED) is 0.470. The Labute approximate surface area is 152 Å². The summed E-state index contributed by atoms with van der Waals surface area (Å²) in [6, 6.07) is 9.64. The smallest absolute Gasteiger partial charge is 0.203 e. The van der Waals surface area contributed by atoms with Gasteiger partial charge in [0.05, 0.1) is 28.4 Å². The normalized spacial score (nSPS) is 10.8. The molecule has 0 unspecified atom stereocenters. The van der Waals surface area contributed by atoms with Crippen LogP contribution in [0.25, 0.3) is 21.5 Å². The lowest BCUT2D eigenvalue weighted by Gasteiger charge is -2.18. The van der Waals surface area contributed by atoms with Gasteiger partial charge in [0.1, 0.15) is 11.5 Å². The molecule has 0 heterocycles. The van der Waals surface area contributed by atoms with E-state index in [2.05, 4.69) is 0 Å². The van der Waals surface area contributed by atoms with Gasteiger partial charge in [0, 0.05) is 17.9 Å². The molecule has 0 saturated carbocycles. The topological polar surface area (TPSA) is 55.4 Å². The standard InChI is InChI=1S/C20H22O6/c1-21-11-26-16-8-12-9-17(23-3)19(24-4)20(25-5)18(12)14-7-6-13(22-2)10-15(14)16/h6-10H,11H2,1-5H3. The lowest BCUT2D eigenvalue weighted by atomic mass is 9.99. The molecule has 0 aromatic heterocycles. The zero-order valence-electron chi connectivity index (χ0n) is 15.5. The van der Waals surface area contributed by atoms with Crippen LogP contribution >= 0.6 is 0 Å². The monoisotopic (exact) mass is 358 g/mol. The number of hydrogen-bond donors (Lipinski definition) is 0. The first-order chi connectivity index (χ1) is 12.7. The second-order valence-corrected chi connectivity index (χ2v) is 5.58. The Kier molecular flexibility index (Phi) is 5.23. The predicted molar refractivity (Wildman–Crippen MR) is 100 cm³/mol. The maximum atomic E-state index is 5.79. The first kappa shape index (κ1) is 17.9. The van der Waals surface area contributed by atoms with Crippen LogP contribution in [-0.2, 0) is 4.74 Å². The molecule has 0 aliphatic heterocycles. The van der Waals surface area contributed by atoms with E-state index < -0.39 is 0 Å². The summed E-state index contributed by atoms with van der Waals surface area (Å²) in [6.07, 6.45) is 0. The fraction of sp³-hybridized carbons (Fsp3) is 0.300. The summed E-state index contributed by atoms with van der Waals surface area (Å²) in [5, 5.41) is 3.66. The van der Waals surface area contributed by atoms with Crippen molar-refractivity contribution < 1.29 is 28.4 Å². The molecule has 0 atom stereocenters. The van der Waals surface area contributed by atoms with E-state index in [1.807, 2.05) is 30.3 Å². The second kappa shape index (κ2) is 7.58. The summed E-state index contributed by atoms with van der Waals surface area (Å²) in [5.74, 6) is 3.16. The Balaban J connectivity index is 2.44. The third-order valence-electron chi connectivity index (χ3n) is 4.24. The maximum Gasteiger partial charge on any atom is 0.203 e. The van der Waals surface area contributed by atoms with Crippen molar-refractivity contribution in [3.05, 3.63) is 30.3 Å². The van der Waals surface area contributed by atoms with E-state index in [-0.39, 0.29) is 6.79 Å². The van der Waals surface area contributed by atoms with Crippen molar-refractivity contribution in [1.82, 2.24) is 0 Å². The molecule has 0 fully saturated rings. The Morgan fingerprint density at radius 1 is 0.692 bits per heavy atom. The van der Waals surface area contributed by atoms with E-state index in [4.69, 9.17) is 28.4 Å². The van der Waals surface area contributed by atoms with Gasteiger partial charge in [-0.15, -0.1) is 0 Å². The molecular weight excluding hydrogens is 336 g/mol. The van der Waals surface area contributed by atoms with Crippen LogP contribution < -0.4 is 23.7 Å². The predicted octanol–water partition coefficient (Wildman–Crippen LogP) is 4.01. The van der Waals surface area contributed by atoms with E-state index in [0.29, 0.717) is 23.0 Å². The molecule has 26 heavy (non-hydrogen) atoms. The lowest BCUT2D eigenvalue weighted by molar-refractivity contribution is 0.0523. The van der Waals surface area contributed by atoms with Gasteiger partial charge < -0.3 is 28.4 Å². The summed E-state index contributed by atoms with van der Waals surface area (Å²) < 4.78 is 32.9. The van der Waals surface area contributed by atoms with E-state index >= 15 is 0 Å². The van der Waals surface area contributed by atoms with Crippen LogP contribution in [0, 0.1) is 0 Å². The fourth-order valence-corrected chi connectivity index (χ4v) is 3.10. The molecule has 0 spiro atoms. The summed E-state index contributed by atoms with van der Waals surface area (Å²) in [5.41, 5.74) is 0. The van der Waals surface area contributed by atoms with E-state index in [1.165, 1.54) is 0 Å². The van der Waals surface area contributed by atoms with Crippen molar-refractivity contribution in [3.63, 3.8) is 0 Å². The number of benzene rings is 3. The van der Waals surface area contributed by atoms with Crippen molar-refractivity contribution in [2.75, 3.05) is 42.3 Å². The number of methoxy groups -OCH3 is 5.